The average Bonchev–Trinajstić information content (AvgIpc) is 3.01. The molecule has 1 aromatic rings. The largest absolute Gasteiger partial charge is 0.504 e. The number of phenols is 1. The highest BCUT2D eigenvalue weighted by atomic mass is 16.5. The Morgan fingerprint density at radius 1 is 1.43 bits per heavy atom. The second-order valence-corrected chi connectivity index (χ2v) is 6.45. The van der Waals surface area contributed by atoms with Gasteiger partial charge in [-0.25, -0.2) is 0 Å². The van der Waals surface area contributed by atoms with Gasteiger partial charge in [0.05, 0.1) is 12.7 Å². The summed E-state index contributed by atoms with van der Waals surface area (Å²) in [5.74, 6) is 1.10. The van der Waals surface area contributed by atoms with Gasteiger partial charge in [-0.1, -0.05) is 6.07 Å². The minimum atomic E-state index is -0.208. The van der Waals surface area contributed by atoms with E-state index in [1.54, 1.807) is 18.2 Å². The van der Waals surface area contributed by atoms with Crippen molar-refractivity contribution >= 4 is 5.91 Å². The molecule has 3 rings (SSSR count). The molecule has 2 aliphatic rings. The van der Waals surface area contributed by atoms with Gasteiger partial charge in [-0.2, -0.15) is 0 Å². The van der Waals surface area contributed by atoms with Crippen LogP contribution in [-0.2, 0) is 0 Å². The molecule has 2 N–H and O–H groups in total. The van der Waals surface area contributed by atoms with E-state index in [1.165, 1.54) is 7.11 Å². The fourth-order valence-corrected chi connectivity index (χ4v) is 3.77. The molecule has 0 aliphatic carbocycles. The Labute approximate surface area is 124 Å². The molecule has 1 aromatic carbocycles. The number of rotatable bonds is 2. The molecular weight excluding hydrogens is 268 g/mol. The molecule has 0 spiro atoms. The Morgan fingerprint density at radius 3 is 2.86 bits per heavy atom. The lowest BCUT2D eigenvalue weighted by Gasteiger charge is -2.35. The number of nitrogens with zero attached hydrogens (tertiary/aromatic N) is 1. The zero-order chi connectivity index (χ0) is 15.2. The van der Waals surface area contributed by atoms with Crippen molar-refractivity contribution in [2.75, 3.05) is 26.7 Å². The van der Waals surface area contributed by atoms with E-state index in [2.05, 4.69) is 19.2 Å². The van der Waals surface area contributed by atoms with Crippen LogP contribution >= 0.6 is 0 Å². The van der Waals surface area contributed by atoms with Gasteiger partial charge in [-0.05, 0) is 37.8 Å². The molecule has 0 saturated carbocycles. The van der Waals surface area contributed by atoms with E-state index in [4.69, 9.17) is 4.74 Å². The molecule has 114 valence electrons. The Kier molecular flexibility index (Phi) is 3.32. The first-order valence-electron chi connectivity index (χ1n) is 7.35. The Hall–Kier alpha value is -1.75. The first-order chi connectivity index (χ1) is 9.96. The summed E-state index contributed by atoms with van der Waals surface area (Å²) in [4.78, 5) is 14.8. The number of phenolic OH excluding ortho intramolecular Hbond substituents is 1. The number of aromatic hydroxyl groups is 1. The first kappa shape index (κ1) is 14.2. The lowest BCUT2D eigenvalue weighted by molar-refractivity contribution is 0.0599. The molecule has 5 heteroatoms. The van der Waals surface area contributed by atoms with Gasteiger partial charge in [0.15, 0.2) is 11.5 Å². The standard InChI is InChI=1S/C16H22N2O3/c1-16(2)12-8-17-7-10(12)9-18(16)15(20)11-5-4-6-13(21-3)14(11)19/h4-6,10,12,17,19H,7-9H2,1-3H3. The summed E-state index contributed by atoms with van der Waals surface area (Å²) in [6.45, 7) is 6.87. The fourth-order valence-electron chi connectivity index (χ4n) is 3.77. The second kappa shape index (κ2) is 4.91. The lowest BCUT2D eigenvalue weighted by atomic mass is 9.84. The van der Waals surface area contributed by atoms with Crippen LogP contribution in [0.1, 0.15) is 24.2 Å². The van der Waals surface area contributed by atoms with Crippen LogP contribution in [0, 0.1) is 11.8 Å². The number of ether oxygens (including phenoxy) is 1. The molecular formula is C16H22N2O3. The number of likely N-dealkylation sites (tertiary alicyclic amines) is 1. The fraction of sp³-hybridized carbons (Fsp3) is 0.562. The van der Waals surface area contributed by atoms with E-state index in [0.717, 1.165) is 19.6 Å². The zero-order valence-corrected chi connectivity index (χ0v) is 12.7. The molecule has 1 amide bonds. The number of carbonyl (C=O) groups is 1. The number of hydrogen-bond donors (Lipinski definition) is 2. The molecule has 2 unspecified atom stereocenters. The smallest absolute Gasteiger partial charge is 0.258 e. The minimum Gasteiger partial charge on any atom is -0.504 e. The van der Waals surface area contributed by atoms with Crippen LogP contribution in [0.2, 0.25) is 0 Å². The quantitative estimate of drug-likeness (QED) is 0.866. The van der Waals surface area contributed by atoms with Crippen molar-refractivity contribution < 1.29 is 14.6 Å². The lowest BCUT2D eigenvalue weighted by Crippen LogP contribution is -2.47. The Bertz CT molecular complexity index is 571. The molecule has 5 nitrogen and oxygen atoms in total. The van der Waals surface area contributed by atoms with Crippen LogP contribution in [-0.4, -0.2) is 48.2 Å². The molecule has 2 aliphatic heterocycles. The highest BCUT2D eigenvalue weighted by molar-refractivity contribution is 5.98. The number of hydrogen-bond acceptors (Lipinski definition) is 4. The van der Waals surface area contributed by atoms with Crippen LogP contribution < -0.4 is 10.1 Å². The number of nitrogens with one attached hydrogen (secondary N) is 1. The summed E-state index contributed by atoms with van der Waals surface area (Å²) in [7, 11) is 1.49. The average molecular weight is 290 g/mol. The molecule has 2 heterocycles. The topological polar surface area (TPSA) is 61.8 Å². The van der Waals surface area contributed by atoms with Crippen molar-refractivity contribution in [2.24, 2.45) is 11.8 Å². The Balaban J connectivity index is 1.93. The van der Waals surface area contributed by atoms with E-state index < -0.39 is 0 Å². The van der Waals surface area contributed by atoms with Crippen LogP contribution in [0.5, 0.6) is 11.5 Å². The molecule has 2 saturated heterocycles. The molecule has 0 bridgehead atoms. The van der Waals surface area contributed by atoms with E-state index in [9.17, 15) is 9.90 Å². The van der Waals surface area contributed by atoms with Gasteiger partial charge >= 0.3 is 0 Å². The van der Waals surface area contributed by atoms with Gasteiger partial charge in [0, 0.05) is 25.2 Å². The van der Waals surface area contributed by atoms with Crippen LogP contribution in [0.4, 0.5) is 0 Å². The van der Waals surface area contributed by atoms with E-state index in [-0.39, 0.29) is 17.2 Å². The molecule has 21 heavy (non-hydrogen) atoms. The van der Waals surface area contributed by atoms with Gasteiger partial charge in [-0.3, -0.25) is 4.79 Å². The zero-order valence-electron chi connectivity index (χ0n) is 12.7. The minimum absolute atomic E-state index is 0.0732. The van der Waals surface area contributed by atoms with Crippen molar-refractivity contribution in [3.8, 4) is 11.5 Å². The third kappa shape index (κ3) is 2.07. The van der Waals surface area contributed by atoms with Gasteiger partial charge in [0.2, 0.25) is 0 Å². The number of carbonyl (C=O) groups excluding carboxylic acids is 1. The van der Waals surface area contributed by atoms with Crippen LogP contribution in [0.3, 0.4) is 0 Å². The number of amides is 1. The summed E-state index contributed by atoms with van der Waals surface area (Å²) < 4.78 is 5.09. The predicted octanol–water partition coefficient (Wildman–Crippen LogP) is 1.47. The Morgan fingerprint density at radius 2 is 2.19 bits per heavy atom. The summed E-state index contributed by atoms with van der Waals surface area (Å²) in [5.41, 5.74) is 0.108. The molecule has 2 fully saturated rings. The van der Waals surface area contributed by atoms with Crippen molar-refractivity contribution in [2.45, 2.75) is 19.4 Å². The number of methoxy groups -OCH3 is 1. The summed E-state index contributed by atoms with van der Waals surface area (Å²) in [6, 6.07) is 5.04. The van der Waals surface area contributed by atoms with Crippen LogP contribution in [0.25, 0.3) is 0 Å². The first-order valence-corrected chi connectivity index (χ1v) is 7.35. The predicted molar refractivity (Wildman–Crippen MR) is 79.6 cm³/mol. The van der Waals surface area contributed by atoms with Crippen molar-refractivity contribution in [1.82, 2.24) is 10.2 Å². The highest BCUT2D eigenvalue weighted by Crippen LogP contribution is 2.42. The van der Waals surface area contributed by atoms with Crippen molar-refractivity contribution in [3.05, 3.63) is 23.8 Å². The van der Waals surface area contributed by atoms with E-state index >= 15 is 0 Å². The summed E-state index contributed by atoms with van der Waals surface area (Å²) in [5, 5.41) is 13.6. The van der Waals surface area contributed by atoms with Gasteiger partial charge in [0.25, 0.3) is 5.91 Å². The maximum Gasteiger partial charge on any atom is 0.258 e. The summed E-state index contributed by atoms with van der Waals surface area (Å²) >= 11 is 0. The maximum atomic E-state index is 12.9. The summed E-state index contributed by atoms with van der Waals surface area (Å²) in [6.07, 6.45) is 0. The van der Waals surface area contributed by atoms with Gasteiger partial charge < -0.3 is 20.1 Å². The molecule has 0 radical (unpaired) electrons. The van der Waals surface area contributed by atoms with Crippen molar-refractivity contribution in [1.29, 1.82) is 0 Å². The maximum absolute atomic E-state index is 12.9. The molecule has 2 atom stereocenters. The number of para-hydroxylation sites is 1. The monoisotopic (exact) mass is 290 g/mol. The SMILES string of the molecule is COc1cccc(C(=O)N2CC3CNCC3C2(C)C)c1O. The third-order valence-corrected chi connectivity index (χ3v) is 5.05. The van der Waals surface area contributed by atoms with E-state index in [1.807, 2.05) is 4.90 Å². The molecule has 0 aromatic heterocycles. The van der Waals surface area contributed by atoms with Gasteiger partial charge in [0.1, 0.15) is 0 Å². The number of benzene rings is 1. The van der Waals surface area contributed by atoms with E-state index in [0.29, 0.717) is 23.1 Å². The van der Waals surface area contributed by atoms with Crippen LogP contribution in [0.15, 0.2) is 18.2 Å². The van der Waals surface area contributed by atoms with Gasteiger partial charge in [-0.15, -0.1) is 0 Å². The third-order valence-electron chi connectivity index (χ3n) is 5.05. The van der Waals surface area contributed by atoms with Crippen molar-refractivity contribution in [3.63, 3.8) is 0 Å². The second-order valence-electron chi connectivity index (χ2n) is 6.45. The number of fused-ring (bicyclic) bond motifs is 1. The highest BCUT2D eigenvalue weighted by Gasteiger charge is 2.51. The normalized spacial score (nSPS) is 26.7.